The number of hydroxylamine groups is 2. The van der Waals surface area contributed by atoms with E-state index in [9.17, 15) is 4.79 Å². The van der Waals surface area contributed by atoms with Gasteiger partial charge in [0.15, 0.2) is 0 Å². The lowest BCUT2D eigenvalue weighted by atomic mass is 9.92. The van der Waals surface area contributed by atoms with Crippen LogP contribution in [0.3, 0.4) is 0 Å². The largest absolute Gasteiger partial charge is 0.464 e. The Bertz CT molecular complexity index is 514. The van der Waals surface area contributed by atoms with Gasteiger partial charge in [0.05, 0.1) is 12.1 Å². The van der Waals surface area contributed by atoms with Crippen LogP contribution < -0.4 is 0 Å². The average molecular weight is 289 g/mol. The van der Waals surface area contributed by atoms with Gasteiger partial charge >= 0.3 is 5.97 Å². The maximum Gasteiger partial charge on any atom is 0.313 e. The molecule has 0 aliphatic carbocycles. The third-order valence-electron chi connectivity index (χ3n) is 4.58. The van der Waals surface area contributed by atoms with E-state index in [1.165, 1.54) is 5.56 Å². The molecule has 0 saturated carbocycles. The maximum absolute atomic E-state index is 12.0. The van der Waals surface area contributed by atoms with Crippen molar-refractivity contribution in [1.82, 2.24) is 5.06 Å². The van der Waals surface area contributed by atoms with Gasteiger partial charge in [-0.25, -0.2) is 0 Å². The van der Waals surface area contributed by atoms with E-state index in [4.69, 9.17) is 14.3 Å². The molecule has 21 heavy (non-hydrogen) atoms. The first-order valence-electron chi connectivity index (χ1n) is 7.58. The number of ether oxygens (including phenoxy) is 2. The lowest BCUT2D eigenvalue weighted by molar-refractivity contribution is -0.203. The van der Waals surface area contributed by atoms with E-state index in [0.717, 1.165) is 19.4 Å². The monoisotopic (exact) mass is 289 g/mol. The first-order valence-corrected chi connectivity index (χ1v) is 7.58. The summed E-state index contributed by atoms with van der Waals surface area (Å²) in [6.45, 7) is 1.84. The van der Waals surface area contributed by atoms with E-state index in [1.807, 2.05) is 23.3 Å². The van der Waals surface area contributed by atoms with Crippen LogP contribution in [-0.2, 0) is 25.7 Å². The number of hydrogen-bond donors (Lipinski definition) is 0. The van der Waals surface area contributed by atoms with Crippen molar-refractivity contribution in [1.29, 1.82) is 0 Å². The van der Waals surface area contributed by atoms with Gasteiger partial charge in [-0.1, -0.05) is 30.3 Å². The number of hydrogen-bond acceptors (Lipinski definition) is 5. The molecular formula is C16H19NO4. The Morgan fingerprint density at radius 3 is 2.86 bits per heavy atom. The minimum absolute atomic E-state index is 0.00639. The Morgan fingerprint density at radius 2 is 2.10 bits per heavy atom. The maximum atomic E-state index is 12.0. The second-order valence-corrected chi connectivity index (χ2v) is 5.91. The van der Waals surface area contributed by atoms with Crippen molar-refractivity contribution in [2.24, 2.45) is 5.92 Å². The second kappa shape index (κ2) is 5.40. The number of benzene rings is 1. The van der Waals surface area contributed by atoms with E-state index in [2.05, 4.69) is 12.1 Å². The molecule has 3 heterocycles. The van der Waals surface area contributed by atoms with Crippen LogP contribution in [0.1, 0.15) is 18.4 Å². The second-order valence-electron chi connectivity index (χ2n) is 5.91. The number of esters is 1. The average Bonchev–Trinajstić information content (AvgIpc) is 3.20. The Balaban J connectivity index is 1.54. The summed E-state index contributed by atoms with van der Waals surface area (Å²) in [6, 6.07) is 10.2. The topological polar surface area (TPSA) is 48.0 Å². The highest BCUT2D eigenvalue weighted by molar-refractivity contribution is 5.76. The van der Waals surface area contributed by atoms with Crippen LogP contribution in [0.2, 0.25) is 0 Å². The summed E-state index contributed by atoms with van der Waals surface area (Å²) < 4.78 is 11.0. The van der Waals surface area contributed by atoms with E-state index in [-0.39, 0.29) is 30.1 Å². The highest BCUT2D eigenvalue weighted by atomic mass is 16.7. The summed E-state index contributed by atoms with van der Waals surface area (Å²) in [5.41, 5.74) is 1.17. The molecular weight excluding hydrogens is 270 g/mol. The van der Waals surface area contributed by atoms with Gasteiger partial charge in [-0.15, -0.1) is 0 Å². The van der Waals surface area contributed by atoms with Crippen molar-refractivity contribution < 1.29 is 19.1 Å². The molecule has 0 bridgehead atoms. The molecule has 5 heteroatoms. The molecule has 3 aliphatic rings. The minimum atomic E-state index is -0.211. The van der Waals surface area contributed by atoms with E-state index >= 15 is 0 Å². The molecule has 3 fully saturated rings. The lowest BCUT2D eigenvalue weighted by Gasteiger charge is -2.23. The van der Waals surface area contributed by atoms with Crippen molar-refractivity contribution in [3.05, 3.63) is 35.9 Å². The molecule has 3 aliphatic heterocycles. The molecule has 112 valence electrons. The van der Waals surface area contributed by atoms with Crippen molar-refractivity contribution >= 4 is 5.97 Å². The Morgan fingerprint density at radius 1 is 1.24 bits per heavy atom. The fourth-order valence-electron chi connectivity index (χ4n) is 3.52. The van der Waals surface area contributed by atoms with Crippen molar-refractivity contribution in [2.45, 2.75) is 37.6 Å². The fraction of sp³-hybridized carbons (Fsp3) is 0.562. The summed E-state index contributed by atoms with van der Waals surface area (Å²) >= 11 is 0. The molecule has 4 atom stereocenters. The molecule has 3 saturated heterocycles. The Hall–Kier alpha value is -1.43. The van der Waals surface area contributed by atoms with Gasteiger partial charge in [0.25, 0.3) is 0 Å². The van der Waals surface area contributed by atoms with Crippen LogP contribution in [-0.4, -0.2) is 42.5 Å². The zero-order chi connectivity index (χ0) is 14.2. The third kappa shape index (κ3) is 2.35. The van der Waals surface area contributed by atoms with E-state index < -0.39 is 0 Å². The minimum Gasteiger partial charge on any atom is -0.464 e. The van der Waals surface area contributed by atoms with Crippen LogP contribution >= 0.6 is 0 Å². The zero-order valence-corrected chi connectivity index (χ0v) is 11.8. The van der Waals surface area contributed by atoms with E-state index in [1.54, 1.807) is 0 Å². The SMILES string of the molecule is O=C1OC[C@@H]2[C@H]1[C@@H]([C@@H]1CCCO1)ON2Cc1ccccc1. The first-order chi connectivity index (χ1) is 10.3. The fourth-order valence-corrected chi connectivity index (χ4v) is 3.52. The summed E-state index contributed by atoms with van der Waals surface area (Å²) in [5, 5.41) is 1.91. The molecule has 1 aromatic carbocycles. The molecule has 0 amide bonds. The first kappa shape index (κ1) is 13.2. The van der Waals surface area contributed by atoms with Crippen molar-refractivity contribution in [3.8, 4) is 0 Å². The van der Waals surface area contributed by atoms with Gasteiger partial charge in [-0.2, -0.15) is 5.06 Å². The number of carbonyl (C=O) groups excluding carboxylic acids is 1. The molecule has 0 spiro atoms. The Labute approximate surface area is 123 Å². The highest BCUT2D eigenvalue weighted by Gasteiger charge is 2.55. The van der Waals surface area contributed by atoms with Crippen LogP contribution in [0.25, 0.3) is 0 Å². The number of fused-ring (bicyclic) bond motifs is 1. The molecule has 5 nitrogen and oxygen atoms in total. The normalized spacial score (nSPS) is 35.9. The quantitative estimate of drug-likeness (QED) is 0.790. The zero-order valence-electron chi connectivity index (χ0n) is 11.8. The van der Waals surface area contributed by atoms with Crippen LogP contribution in [0.4, 0.5) is 0 Å². The third-order valence-corrected chi connectivity index (χ3v) is 4.58. The van der Waals surface area contributed by atoms with Crippen molar-refractivity contribution in [2.75, 3.05) is 13.2 Å². The number of carbonyl (C=O) groups is 1. The number of rotatable bonds is 3. The predicted molar refractivity (Wildman–Crippen MR) is 74.1 cm³/mol. The van der Waals surface area contributed by atoms with Crippen molar-refractivity contribution in [3.63, 3.8) is 0 Å². The summed E-state index contributed by atoms with van der Waals surface area (Å²) in [4.78, 5) is 18.1. The van der Waals surface area contributed by atoms with Gasteiger partial charge in [0.2, 0.25) is 0 Å². The van der Waals surface area contributed by atoms with E-state index in [0.29, 0.717) is 13.2 Å². The molecule has 0 N–H and O–H groups in total. The number of cyclic esters (lactones) is 1. The van der Waals surface area contributed by atoms with Gasteiger partial charge < -0.3 is 9.47 Å². The molecule has 0 aromatic heterocycles. The predicted octanol–water partition coefficient (Wildman–Crippen LogP) is 1.52. The standard InChI is InChI=1S/C16H19NO4/c18-16-14-12(10-20-16)17(9-11-5-2-1-3-6-11)21-15(14)13-7-4-8-19-13/h1-3,5-6,12-15H,4,7-10H2/t12-,13+,14+,15-/m1/s1. The molecule has 0 unspecified atom stereocenters. The molecule has 1 aromatic rings. The smallest absolute Gasteiger partial charge is 0.313 e. The van der Waals surface area contributed by atoms with Crippen LogP contribution in [0, 0.1) is 5.92 Å². The molecule has 0 radical (unpaired) electrons. The van der Waals surface area contributed by atoms with Crippen LogP contribution in [0.5, 0.6) is 0 Å². The van der Waals surface area contributed by atoms with Gasteiger partial charge in [-0.3, -0.25) is 9.63 Å². The van der Waals surface area contributed by atoms with Crippen LogP contribution in [0.15, 0.2) is 30.3 Å². The lowest BCUT2D eigenvalue weighted by Crippen LogP contribution is -2.35. The summed E-state index contributed by atoms with van der Waals surface area (Å²) in [6.07, 6.45) is 1.82. The van der Waals surface area contributed by atoms with Gasteiger partial charge in [-0.05, 0) is 18.4 Å². The Kier molecular flexibility index (Phi) is 3.41. The summed E-state index contributed by atoms with van der Waals surface area (Å²) in [7, 11) is 0. The number of nitrogens with zero attached hydrogens (tertiary/aromatic N) is 1. The van der Waals surface area contributed by atoms with Gasteiger partial charge in [0, 0.05) is 13.2 Å². The van der Waals surface area contributed by atoms with Gasteiger partial charge in [0.1, 0.15) is 18.6 Å². The molecule has 4 rings (SSSR count). The summed E-state index contributed by atoms with van der Waals surface area (Å²) in [5.74, 6) is -0.354. The highest BCUT2D eigenvalue weighted by Crippen LogP contribution is 2.38.